The van der Waals surface area contributed by atoms with Gasteiger partial charge in [-0.15, -0.1) is 0 Å². The molecule has 0 unspecified atom stereocenters. The molecule has 0 aliphatic carbocycles. The van der Waals surface area contributed by atoms with Gasteiger partial charge in [0.25, 0.3) is 5.91 Å². The molecule has 9 heteroatoms. The van der Waals surface area contributed by atoms with Crippen LogP contribution in [0.25, 0.3) is 5.65 Å². The Kier molecular flexibility index (Phi) is 4.40. The SMILES string of the molecule is CC(=O)c1cc2c(cc1NC(=O)COC(=O)c1cn3ccccc3n1)OCO2. The van der Waals surface area contributed by atoms with Crippen LogP contribution >= 0.6 is 0 Å². The predicted octanol–water partition coefficient (Wildman–Crippen LogP) is 2.06. The van der Waals surface area contributed by atoms with Crippen LogP contribution in [0.2, 0.25) is 0 Å². The van der Waals surface area contributed by atoms with E-state index in [1.807, 2.05) is 0 Å². The number of imidazole rings is 1. The summed E-state index contributed by atoms with van der Waals surface area (Å²) in [5.41, 5.74) is 1.20. The second-order valence-electron chi connectivity index (χ2n) is 6.02. The third kappa shape index (κ3) is 3.37. The van der Waals surface area contributed by atoms with Crippen LogP contribution in [0.1, 0.15) is 27.8 Å². The number of amides is 1. The van der Waals surface area contributed by atoms with E-state index in [2.05, 4.69) is 10.3 Å². The van der Waals surface area contributed by atoms with Crippen molar-refractivity contribution in [3.63, 3.8) is 0 Å². The van der Waals surface area contributed by atoms with Gasteiger partial charge in [0.1, 0.15) is 5.65 Å². The molecule has 1 amide bonds. The third-order valence-corrected chi connectivity index (χ3v) is 4.07. The number of benzene rings is 1. The van der Waals surface area contributed by atoms with Gasteiger partial charge in [-0.3, -0.25) is 9.59 Å². The van der Waals surface area contributed by atoms with Crippen LogP contribution in [0.3, 0.4) is 0 Å². The van der Waals surface area contributed by atoms with Crippen molar-refractivity contribution >= 4 is 29.0 Å². The number of fused-ring (bicyclic) bond motifs is 2. The van der Waals surface area contributed by atoms with Crippen molar-refractivity contribution in [2.24, 2.45) is 0 Å². The van der Waals surface area contributed by atoms with Gasteiger partial charge in [-0.1, -0.05) is 6.07 Å². The normalized spacial score (nSPS) is 12.0. The minimum atomic E-state index is -0.726. The highest BCUT2D eigenvalue weighted by atomic mass is 16.7. The van der Waals surface area contributed by atoms with E-state index in [9.17, 15) is 14.4 Å². The number of nitrogens with one attached hydrogen (secondary N) is 1. The summed E-state index contributed by atoms with van der Waals surface area (Å²) in [6.45, 7) is 0.885. The van der Waals surface area contributed by atoms with Crippen LogP contribution in [-0.2, 0) is 9.53 Å². The molecule has 1 N–H and O–H groups in total. The quantitative estimate of drug-likeness (QED) is 0.532. The maximum atomic E-state index is 12.2. The molecule has 28 heavy (non-hydrogen) atoms. The molecule has 0 spiro atoms. The number of esters is 1. The standard InChI is InChI=1S/C19H15N3O6/c1-11(23)12-6-15-16(28-10-27-15)7-13(12)21-18(24)9-26-19(25)14-8-22-5-3-2-4-17(22)20-14/h2-8H,9-10H2,1H3,(H,21,24). The average molecular weight is 381 g/mol. The number of carbonyl (C=O) groups excluding carboxylic acids is 3. The maximum absolute atomic E-state index is 12.2. The van der Waals surface area contributed by atoms with E-state index < -0.39 is 18.5 Å². The van der Waals surface area contributed by atoms with Crippen molar-refractivity contribution in [1.29, 1.82) is 0 Å². The van der Waals surface area contributed by atoms with Crippen molar-refractivity contribution in [3.8, 4) is 11.5 Å². The number of pyridine rings is 1. The molecule has 0 radical (unpaired) electrons. The number of Topliss-reactive ketones (excluding diaryl/α,β-unsaturated/α-hetero) is 1. The van der Waals surface area contributed by atoms with Crippen molar-refractivity contribution in [2.45, 2.75) is 6.92 Å². The summed E-state index contributed by atoms with van der Waals surface area (Å²) in [7, 11) is 0. The molecule has 142 valence electrons. The van der Waals surface area contributed by atoms with Gasteiger partial charge in [0, 0.05) is 24.0 Å². The summed E-state index contributed by atoms with van der Waals surface area (Å²) in [6, 6.07) is 8.34. The minimum Gasteiger partial charge on any atom is -0.454 e. The van der Waals surface area contributed by atoms with Crippen LogP contribution in [0.5, 0.6) is 11.5 Å². The summed E-state index contributed by atoms with van der Waals surface area (Å²) in [5, 5.41) is 2.56. The topological polar surface area (TPSA) is 108 Å². The molecule has 1 aliphatic rings. The average Bonchev–Trinajstić information content (AvgIpc) is 3.31. The van der Waals surface area contributed by atoms with Crippen LogP contribution in [0.4, 0.5) is 5.69 Å². The molecule has 0 saturated carbocycles. The fraction of sp³-hybridized carbons (Fsp3) is 0.158. The molecule has 0 saturated heterocycles. The smallest absolute Gasteiger partial charge is 0.359 e. The van der Waals surface area contributed by atoms with Crippen LogP contribution in [-0.4, -0.2) is 40.4 Å². The Bertz CT molecular complexity index is 1070. The molecule has 4 rings (SSSR count). The Labute approximate surface area is 158 Å². The Hall–Kier alpha value is -3.88. The summed E-state index contributed by atoms with van der Waals surface area (Å²) in [5.74, 6) is -0.728. The lowest BCUT2D eigenvalue weighted by atomic mass is 10.1. The molecule has 2 aromatic heterocycles. The number of ketones is 1. The number of nitrogens with zero attached hydrogens (tertiary/aromatic N) is 2. The third-order valence-electron chi connectivity index (χ3n) is 4.07. The molecule has 3 heterocycles. The van der Waals surface area contributed by atoms with Crippen molar-refractivity contribution in [1.82, 2.24) is 9.38 Å². The van der Waals surface area contributed by atoms with Gasteiger partial charge in [-0.2, -0.15) is 0 Å². The molecule has 0 bridgehead atoms. The minimum absolute atomic E-state index is 0.0424. The Morgan fingerprint density at radius 2 is 2.00 bits per heavy atom. The Balaban J connectivity index is 1.43. The lowest BCUT2D eigenvalue weighted by molar-refractivity contribution is -0.119. The van der Waals surface area contributed by atoms with Gasteiger partial charge in [-0.25, -0.2) is 9.78 Å². The van der Waals surface area contributed by atoms with Gasteiger partial charge < -0.3 is 23.9 Å². The largest absolute Gasteiger partial charge is 0.454 e. The number of hydrogen-bond acceptors (Lipinski definition) is 7. The van der Waals surface area contributed by atoms with Crippen LogP contribution in [0.15, 0.2) is 42.7 Å². The van der Waals surface area contributed by atoms with E-state index in [4.69, 9.17) is 14.2 Å². The van der Waals surface area contributed by atoms with Gasteiger partial charge in [0.2, 0.25) is 6.79 Å². The first-order valence-electron chi connectivity index (χ1n) is 8.36. The number of aromatic nitrogens is 2. The number of anilines is 1. The summed E-state index contributed by atoms with van der Waals surface area (Å²) >= 11 is 0. The van der Waals surface area contributed by atoms with E-state index in [0.717, 1.165) is 0 Å². The fourth-order valence-corrected chi connectivity index (χ4v) is 2.76. The zero-order valence-electron chi connectivity index (χ0n) is 14.8. The lowest BCUT2D eigenvalue weighted by Gasteiger charge is -2.10. The zero-order valence-corrected chi connectivity index (χ0v) is 14.8. The van der Waals surface area contributed by atoms with Crippen molar-refractivity contribution in [3.05, 3.63) is 54.0 Å². The number of hydrogen-bond donors (Lipinski definition) is 1. The molecule has 9 nitrogen and oxygen atoms in total. The van der Waals surface area contributed by atoms with E-state index in [1.54, 1.807) is 28.8 Å². The van der Waals surface area contributed by atoms with Crippen LogP contribution in [0, 0.1) is 0 Å². The van der Waals surface area contributed by atoms with Gasteiger partial charge in [0.15, 0.2) is 29.6 Å². The summed E-state index contributed by atoms with van der Waals surface area (Å²) < 4.78 is 17.2. The Morgan fingerprint density at radius 3 is 2.75 bits per heavy atom. The Morgan fingerprint density at radius 1 is 1.21 bits per heavy atom. The monoisotopic (exact) mass is 381 g/mol. The molecule has 3 aromatic rings. The zero-order chi connectivity index (χ0) is 19.7. The maximum Gasteiger partial charge on any atom is 0.359 e. The molecule has 0 atom stereocenters. The van der Waals surface area contributed by atoms with Crippen LogP contribution < -0.4 is 14.8 Å². The van der Waals surface area contributed by atoms with E-state index >= 15 is 0 Å². The van der Waals surface area contributed by atoms with Crippen molar-refractivity contribution < 1.29 is 28.6 Å². The second kappa shape index (κ2) is 7.03. The highest BCUT2D eigenvalue weighted by Gasteiger charge is 2.21. The van der Waals surface area contributed by atoms with E-state index in [1.165, 1.54) is 25.3 Å². The predicted molar refractivity (Wildman–Crippen MR) is 96.7 cm³/mol. The van der Waals surface area contributed by atoms with Gasteiger partial charge in [-0.05, 0) is 25.1 Å². The second-order valence-corrected chi connectivity index (χ2v) is 6.02. The molecule has 0 fully saturated rings. The highest BCUT2D eigenvalue weighted by molar-refractivity contribution is 6.05. The van der Waals surface area contributed by atoms with Gasteiger partial charge >= 0.3 is 5.97 Å². The van der Waals surface area contributed by atoms with Crippen molar-refractivity contribution in [2.75, 3.05) is 18.7 Å². The highest BCUT2D eigenvalue weighted by Crippen LogP contribution is 2.37. The summed E-state index contributed by atoms with van der Waals surface area (Å²) in [4.78, 5) is 40.3. The lowest BCUT2D eigenvalue weighted by Crippen LogP contribution is -2.22. The molecular weight excluding hydrogens is 366 g/mol. The summed E-state index contributed by atoms with van der Waals surface area (Å²) in [6.07, 6.45) is 3.26. The molecule has 1 aliphatic heterocycles. The van der Waals surface area contributed by atoms with E-state index in [-0.39, 0.29) is 29.5 Å². The fourth-order valence-electron chi connectivity index (χ4n) is 2.76. The van der Waals surface area contributed by atoms with E-state index in [0.29, 0.717) is 17.1 Å². The first-order chi connectivity index (χ1) is 13.5. The first-order valence-corrected chi connectivity index (χ1v) is 8.36. The number of rotatable bonds is 5. The molecular formula is C19H15N3O6. The number of carbonyl (C=O) groups is 3. The first kappa shape index (κ1) is 17.5. The molecule has 1 aromatic carbocycles. The number of ether oxygens (including phenoxy) is 3. The van der Waals surface area contributed by atoms with Gasteiger partial charge in [0.05, 0.1) is 5.69 Å².